The van der Waals surface area contributed by atoms with Gasteiger partial charge in [-0.25, -0.2) is 4.79 Å². The molecule has 2 N–H and O–H groups in total. The molecule has 0 radical (unpaired) electrons. The highest BCUT2D eigenvalue weighted by molar-refractivity contribution is 5.98. The Morgan fingerprint density at radius 2 is 1.68 bits per heavy atom. The summed E-state index contributed by atoms with van der Waals surface area (Å²) < 4.78 is 60.9. The number of rotatable bonds is 3. The van der Waals surface area contributed by atoms with E-state index in [1.54, 1.807) is 0 Å². The van der Waals surface area contributed by atoms with Gasteiger partial charge in [-0.05, 0) is 18.2 Å². The molecule has 1 aromatic rings. The van der Waals surface area contributed by atoms with Gasteiger partial charge in [-0.1, -0.05) is 6.07 Å². The first-order valence-electron chi connectivity index (χ1n) is 4.65. The predicted octanol–water partition coefficient (Wildman–Crippen LogP) is 2.52. The van der Waals surface area contributed by atoms with Crippen molar-refractivity contribution in [2.75, 3.05) is 5.32 Å². The molecule has 0 spiro atoms. The molecule has 0 unspecified atom stereocenters. The number of aromatic carboxylic acids is 1. The molecule has 0 saturated heterocycles. The van der Waals surface area contributed by atoms with Gasteiger partial charge in [0.25, 0.3) is 0 Å². The normalized spacial score (nSPS) is 12.1. The average Bonchev–Trinajstić information content (AvgIpc) is 2.27. The van der Waals surface area contributed by atoms with Gasteiger partial charge >= 0.3 is 24.0 Å². The number of carboxylic acid groups (broad SMARTS) is 1. The predicted molar refractivity (Wildman–Crippen MR) is 53.0 cm³/mol. The Hall–Kier alpha value is -2.19. The Balaban J connectivity index is 2.95. The van der Waals surface area contributed by atoms with Gasteiger partial charge < -0.3 is 10.4 Å². The third-order valence-electron chi connectivity index (χ3n) is 2.01. The molecule has 1 amide bonds. The zero-order valence-electron chi connectivity index (χ0n) is 8.96. The lowest BCUT2D eigenvalue weighted by Crippen LogP contribution is -2.47. The molecule has 19 heavy (non-hydrogen) atoms. The zero-order chi connectivity index (χ0) is 14.8. The molecule has 0 bridgehead atoms. The summed E-state index contributed by atoms with van der Waals surface area (Å²) in [6.45, 7) is 0. The first-order valence-corrected chi connectivity index (χ1v) is 4.65. The summed E-state index contributed by atoms with van der Waals surface area (Å²) in [5, 5.41) is 9.90. The van der Waals surface area contributed by atoms with Crippen LogP contribution in [0.3, 0.4) is 0 Å². The van der Waals surface area contributed by atoms with E-state index in [0.29, 0.717) is 0 Å². The van der Waals surface area contributed by atoms with Gasteiger partial charge in [0.15, 0.2) is 0 Å². The molecule has 0 aliphatic heterocycles. The Bertz CT molecular complexity index is 512. The van der Waals surface area contributed by atoms with E-state index < -0.39 is 29.7 Å². The number of benzene rings is 1. The van der Waals surface area contributed by atoms with E-state index in [1.165, 1.54) is 5.32 Å². The van der Waals surface area contributed by atoms with Gasteiger partial charge in [-0.15, -0.1) is 0 Å². The first kappa shape index (κ1) is 14.9. The minimum Gasteiger partial charge on any atom is -0.478 e. The molecule has 0 aromatic heterocycles. The van der Waals surface area contributed by atoms with Crippen LogP contribution in [0.15, 0.2) is 24.3 Å². The van der Waals surface area contributed by atoms with Gasteiger partial charge in [0.1, 0.15) is 0 Å². The number of anilines is 1. The fourth-order valence-electron chi connectivity index (χ4n) is 1.07. The van der Waals surface area contributed by atoms with Gasteiger partial charge in [0, 0.05) is 5.69 Å². The van der Waals surface area contributed by atoms with Crippen LogP contribution in [0.2, 0.25) is 0 Å². The fourth-order valence-corrected chi connectivity index (χ4v) is 1.07. The molecule has 0 atom stereocenters. The Kier molecular flexibility index (Phi) is 3.78. The van der Waals surface area contributed by atoms with Crippen molar-refractivity contribution in [3.8, 4) is 0 Å². The molecule has 0 fully saturated rings. The number of carbonyl (C=O) groups excluding carboxylic acids is 1. The second kappa shape index (κ2) is 4.82. The molecule has 0 aliphatic rings. The first-order chi connectivity index (χ1) is 8.55. The highest BCUT2D eigenvalue weighted by Gasteiger charge is 2.63. The van der Waals surface area contributed by atoms with E-state index in [1.807, 2.05) is 0 Å². The molecule has 104 valence electrons. The van der Waals surface area contributed by atoms with Crippen molar-refractivity contribution < 1.29 is 36.6 Å². The standard InChI is InChI=1S/C10H6F5NO3/c11-9(12,10(13,14)15)8(19)16-6-3-1-2-5(4-6)7(17)18/h1-4H,(H,16,19)(H,17,18). The monoisotopic (exact) mass is 283 g/mol. The number of alkyl halides is 5. The van der Waals surface area contributed by atoms with Crippen molar-refractivity contribution in [1.29, 1.82) is 0 Å². The van der Waals surface area contributed by atoms with Crippen molar-refractivity contribution in [1.82, 2.24) is 0 Å². The summed E-state index contributed by atoms with van der Waals surface area (Å²) in [5.74, 6) is -9.56. The third kappa shape index (κ3) is 3.18. The van der Waals surface area contributed by atoms with Crippen LogP contribution in [0.5, 0.6) is 0 Å². The van der Waals surface area contributed by atoms with Crippen molar-refractivity contribution in [3.63, 3.8) is 0 Å². The molecule has 1 aromatic carbocycles. The van der Waals surface area contributed by atoms with Crippen LogP contribution >= 0.6 is 0 Å². The van der Waals surface area contributed by atoms with Crippen LogP contribution in [0, 0.1) is 0 Å². The van der Waals surface area contributed by atoms with Crippen LogP contribution in [-0.2, 0) is 4.79 Å². The molecule has 0 heterocycles. The Morgan fingerprint density at radius 1 is 1.11 bits per heavy atom. The summed E-state index contributed by atoms with van der Waals surface area (Å²) >= 11 is 0. The van der Waals surface area contributed by atoms with Crippen molar-refractivity contribution >= 4 is 17.6 Å². The summed E-state index contributed by atoms with van der Waals surface area (Å²) in [5.41, 5.74) is -0.845. The van der Waals surface area contributed by atoms with Crippen molar-refractivity contribution in [3.05, 3.63) is 29.8 Å². The molecule has 0 aliphatic carbocycles. The number of hydrogen-bond acceptors (Lipinski definition) is 2. The van der Waals surface area contributed by atoms with E-state index in [-0.39, 0.29) is 5.56 Å². The number of carboxylic acids is 1. The van der Waals surface area contributed by atoms with E-state index in [9.17, 15) is 31.5 Å². The summed E-state index contributed by atoms with van der Waals surface area (Å²) in [6, 6.07) is 3.91. The minimum absolute atomic E-state index is 0.367. The van der Waals surface area contributed by atoms with Crippen LogP contribution in [0.4, 0.5) is 27.6 Å². The number of halogens is 5. The number of hydrogen-bond donors (Lipinski definition) is 2. The van der Waals surface area contributed by atoms with Gasteiger partial charge in [-0.2, -0.15) is 22.0 Å². The highest BCUT2D eigenvalue weighted by Crippen LogP contribution is 2.36. The summed E-state index contributed by atoms with van der Waals surface area (Å²) in [4.78, 5) is 21.4. The molecule has 4 nitrogen and oxygen atoms in total. The Morgan fingerprint density at radius 3 is 2.16 bits per heavy atom. The molecule has 0 saturated carbocycles. The Labute approximate surface area is 102 Å². The minimum atomic E-state index is -6.03. The van der Waals surface area contributed by atoms with Gasteiger partial charge in [-0.3, -0.25) is 4.79 Å². The summed E-state index contributed by atoms with van der Waals surface area (Å²) in [6.07, 6.45) is -6.03. The lowest BCUT2D eigenvalue weighted by Gasteiger charge is -2.18. The van der Waals surface area contributed by atoms with E-state index >= 15 is 0 Å². The maximum absolute atomic E-state index is 12.6. The highest BCUT2D eigenvalue weighted by atomic mass is 19.4. The molecule has 1 rings (SSSR count). The lowest BCUT2D eigenvalue weighted by molar-refractivity contribution is -0.267. The maximum atomic E-state index is 12.6. The quantitative estimate of drug-likeness (QED) is 0.838. The van der Waals surface area contributed by atoms with Crippen molar-refractivity contribution in [2.24, 2.45) is 0 Å². The van der Waals surface area contributed by atoms with Crippen LogP contribution in [0.1, 0.15) is 10.4 Å². The number of nitrogens with one attached hydrogen (secondary N) is 1. The van der Waals surface area contributed by atoms with Crippen molar-refractivity contribution in [2.45, 2.75) is 12.1 Å². The second-order valence-electron chi connectivity index (χ2n) is 3.41. The van der Waals surface area contributed by atoms with Gasteiger partial charge in [0.2, 0.25) is 0 Å². The largest absolute Gasteiger partial charge is 0.478 e. The average molecular weight is 283 g/mol. The maximum Gasteiger partial charge on any atom is 0.463 e. The smallest absolute Gasteiger partial charge is 0.463 e. The van der Waals surface area contributed by atoms with E-state index in [2.05, 4.69) is 0 Å². The van der Waals surface area contributed by atoms with Gasteiger partial charge in [0.05, 0.1) is 5.56 Å². The fraction of sp³-hybridized carbons (Fsp3) is 0.200. The second-order valence-corrected chi connectivity index (χ2v) is 3.41. The SMILES string of the molecule is O=C(O)c1cccc(NC(=O)C(F)(F)C(F)(F)F)c1. The topological polar surface area (TPSA) is 66.4 Å². The molecule has 9 heteroatoms. The molecular weight excluding hydrogens is 277 g/mol. The van der Waals surface area contributed by atoms with E-state index in [0.717, 1.165) is 24.3 Å². The lowest BCUT2D eigenvalue weighted by atomic mass is 10.2. The zero-order valence-corrected chi connectivity index (χ0v) is 8.96. The van der Waals surface area contributed by atoms with Crippen LogP contribution in [-0.4, -0.2) is 29.1 Å². The third-order valence-corrected chi connectivity index (χ3v) is 2.01. The number of carbonyl (C=O) groups is 2. The molecular formula is C10H6F5NO3. The van der Waals surface area contributed by atoms with Crippen LogP contribution < -0.4 is 5.32 Å². The summed E-state index contributed by atoms with van der Waals surface area (Å²) in [7, 11) is 0. The number of amides is 1. The van der Waals surface area contributed by atoms with Crippen LogP contribution in [0.25, 0.3) is 0 Å². The van der Waals surface area contributed by atoms with E-state index in [4.69, 9.17) is 5.11 Å².